The van der Waals surface area contributed by atoms with Gasteiger partial charge in [0.15, 0.2) is 0 Å². The average Bonchev–Trinajstić information content (AvgIpc) is 3.00. The van der Waals surface area contributed by atoms with Gasteiger partial charge in [0.25, 0.3) is 0 Å². The molecule has 146 valence electrons. The molecule has 4 aromatic rings. The van der Waals surface area contributed by atoms with Gasteiger partial charge in [-0.05, 0) is 63.5 Å². The molecule has 4 rings (SSSR count). The van der Waals surface area contributed by atoms with Gasteiger partial charge in [-0.3, -0.25) is 4.79 Å². The topological polar surface area (TPSA) is 43.7 Å². The molecule has 2 aromatic heterocycles. The fraction of sp³-hybridized carbons (Fsp3) is 0.318. The van der Waals surface area contributed by atoms with Crippen molar-refractivity contribution in [2.45, 2.75) is 13.0 Å². The maximum absolute atomic E-state index is 13.4. The van der Waals surface area contributed by atoms with Crippen molar-refractivity contribution in [1.29, 1.82) is 0 Å². The van der Waals surface area contributed by atoms with Crippen LogP contribution in [0.4, 0.5) is 0 Å². The van der Waals surface area contributed by atoms with E-state index < -0.39 is 0 Å². The minimum Gasteiger partial charge on any atom is -0.497 e. The molecule has 5 nitrogen and oxygen atoms in total. The molecule has 0 unspecified atom stereocenters. The Morgan fingerprint density at radius 2 is 1.71 bits per heavy atom. The van der Waals surface area contributed by atoms with Gasteiger partial charge in [0, 0.05) is 22.0 Å². The highest BCUT2D eigenvalue weighted by Gasteiger charge is 2.17. The highest BCUT2D eigenvalue weighted by atomic mass is 32.1. The molecule has 2 heterocycles. The number of nitrogens with zero attached hydrogens (tertiary/aromatic N) is 2. The van der Waals surface area contributed by atoms with E-state index in [9.17, 15) is 4.79 Å². The van der Waals surface area contributed by atoms with Gasteiger partial charge in [-0.25, -0.2) is 0 Å². The fourth-order valence-corrected chi connectivity index (χ4v) is 4.91. The Balaban J connectivity index is 2.04. The van der Waals surface area contributed by atoms with Crippen LogP contribution in [-0.2, 0) is 6.54 Å². The minimum absolute atomic E-state index is 0.0754. The van der Waals surface area contributed by atoms with Gasteiger partial charge in [-0.15, -0.1) is 11.3 Å². The van der Waals surface area contributed by atoms with Crippen LogP contribution in [-0.4, -0.2) is 44.3 Å². The predicted molar refractivity (Wildman–Crippen MR) is 117 cm³/mol. The number of hydrogen-bond acceptors (Lipinski definition) is 5. The standard InChI is InChI=1S/C22H24N2O3S/c1-23(2)10-5-11-24-18-9-7-14(26-3)12-17(18)22-20(24)21(25)16-8-6-15(27-4)13-19(16)28-22/h6-9,12-13H,5,10-11H2,1-4H3. The van der Waals surface area contributed by atoms with Crippen molar-refractivity contribution < 1.29 is 9.47 Å². The number of fused-ring (bicyclic) bond motifs is 4. The minimum atomic E-state index is 0.0754. The summed E-state index contributed by atoms with van der Waals surface area (Å²) in [6.45, 7) is 1.77. The molecule has 28 heavy (non-hydrogen) atoms. The van der Waals surface area contributed by atoms with Crippen molar-refractivity contribution in [2.75, 3.05) is 34.9 Å². The number of methoxy groups -OCH3 is 2. The first-order chi connectivity index (χ1) is 13.5. The molecular formula is C22H24N2O3S. The molecule has 0 aliphatic carbocycles. The highest BCUT2D eigenvalue weighted by Crippen LogP contribution is 2.36. The van der Waals surface area contributed by atoms with Crippen LogP contribution < -0.4 is 14.9 Å². The van der Waals surface area contributed by atoms with Gasteiger partial charge in [0.05, 0.1) is 24.4 Å². The highest BCUT2D eigenvalue weighted by molar-refractivity contribution is 7.25. The lowest BCUT2D eigenvalue weighted by atomic mass is 10.2. The van der Waals surface area contributed by atoms with E-state index in [0.29, 0.717) is 0 Å². The van der Waals surface area contributed by atoms with Gasteiger partial charge in [-0.1, -0.05) is 0 Å². The molecule has 0 aliphatic rings. The second-order valence-corrected chi connectivity index (χ2v) is 8.21. The smallest absolute Gasteiger partial charge is 0.212 e. The normalized spacial score (nSPS) is 11.8. The predicted octanol–water partition coefficient (Wildman–Crippen LogP) is 4.34. The van der Waals surface area contributed by atoms with Crippen LogP contribution >= 0.6 is 11.3 Å². The van der Waals surface area contributed by atoms with Crippen molar-refractivity contribution in [1.82, 2.24) is 9.47 Å². The summed E-state index contributed by atoms with van der Waals surface area (Å²) in [6, 6.07) is 11.7. The molecule has 0 bridgehead atoms. The van der Waals surface area contributed by atoms with Gasteiger partial charge in [0.1, 0.15) is 17.0 Å². The third-order valence-corrected chi connectivity index (χ3v) is 6.25. The molecule has 0 fully saturated rings. The number of ether oxygens (including phenoxy) is 2. The summed E-state index contributed by atoms with van der Waals surface area (Å²) in [7, 11) is 7.45. The summed E-state index contributed by atoms with van der Waals surface area (Å²) in [4.78, 5) is 15.6. The van der Waals surface area contributed by atoms with Crippen molar-refractivity contribution >= 4 is 42.5 Å². The van der Waals surface area contributed by atoms with E-state index in [1.54, 1.807) is 25.6 Å². The van der Waals surface area contributed by atoms with Crippen LogP contribution in [0.3, 0.4) is 0 Å². The molecule has 0 amide bonds. The Morgan fingerprint density at radius 1 is 1.00 bits per heavy atom. The number of hydrogen-bond donors (Lipinski definition) is 0. The fourth-order valence-electron chi connectivity index (χ4n) is 3.68. The first-order valence-electron chi connectivity index (χ1n) is 9.29. The largest absolute Gasteiger partial charge is 0.497 e. The summed E-state index contributed by atoms with van der Waals surface area (Å²) in [5, 5.41) is 1.80. The molecule has 0 N–H and O–H groups in total. The Hall–Kier alpha value is -2.57. The number of aromatic nitrogens is 1. The van der Waals surface area contributed by atoms with Crippen LogP contribution in [0.5, 0.6) is 11.5 Å². The monoisotopic (exact) mass is 396 g/mol. The van der Waals surface area contributed by atoms with Crippen LogP contribution in [0.15, 0.2) is 41.2 Å². The third kappa shape index (κ3) is 3.12. The van der Waals surface area contributed by atoms with Crippen LogP contribution in [0.1, 0.15) is 6.42 Å². The van der Waals surface area contributed by atoms with Crippen molar-refractivity contribution in [3.63, 3.8) is 0 Å². The molecule has 6 heteroatoms. The van der Waals surface area contributed by atoms with Crippen LogP contribution in [0.25, 0.3) is 31.2 Å². The van der Waals surface area contributed by atoms with E-state index in [2.05, 4.69) is 29.6 Å². The lowest BCUT2D eigenvalue weighted by Gasteiger charge is -2.11. The van der Waals surface area contributed by atoms with E-state index in [1.807, 2.05) is 30.3 Å². The summed E-state index contributed by atoms with van der Waals surface area (Å²) in [5.74, 6) is 1.56. The maximum Gasteiger partial charge on any atom is 0.212 e. The lowest BCUT2D eigenvalue weighted by molar-refractivity contribution is 0.389. The average molecular weight is 397 g/mol. The number of benzene rings is 2. The quantitative estimate of drug-likeness (QED) is 0.486. The SMILES string of the molecule is COc1ccc2c(=O)c3c(sc2c1)c1cc(OC)ccc1n3CCCN(C)C. The lowest BCUT2D eigenvalue weighted by Crippen LogP contribution is -2.16. The van der Waals surface area contributed by atoms with E-state index in [0.717, 1.165) is 62.2 Å². The van der Waals surface area contributed by atoms with Gasteiger partial charge < -0.3 is 18.9 Å². The molecule has 0 saturated carbocycles. The summed E-state index contributed by atoms with van der Waals surface area (Å²) >= 11 is 1.64. The van der Waals surface area contributed by atoms with Gasteiger partial charge in [-0.2, -0.15) is 0 Å². The van der Waals surface area contributed by atoms with Crippen molar-refractivity contribution in [3.05, 3.63) is 46.6 Å². The zero-order valence-electron chi connectivity index (χ0n) is 16.6. The first kappa shape index (κ1) is 18.8. The molecule has 0 atom stereocenters. The van der Waals surface area contributed by atoms with Crippen LogP contribution in [0, 0.1) is 0 Å². The third-order valence-electron chi connectivity index (χ3n) is 5.07. The molecule has 2 aromatic carbocycles. The maximum atomic E-state index is 13.4. The zero-order chi connectivity index (χ0) is 19.8. The van der Waals surface area contributed by atoms with E-state index >= 15 is 0 Å². The summed E-state index contributed by atoms with van der Waals surface area (Å²) < 4.78 is 14.9. The van der Waals surface area contributed by atoms with E-state index in [1.165, 1.54) is 0 Å². The Kier molecular flexibility index (Phi) is 5.00. The second-order valence-electron chi connectivity index (χ2n) is 7.16. The Bertz CT molecular complexity index is 1220. The molecule has 0 radical (unpaired) electrons. The second kappa shape index (κ2) is 7.45. The molecule has 0 saturated heterocycles. The van der Waals surface area contributed by atoms with Crippen molar-refractivity contribution in [2.24, 2.45) is 0 Å². The number of rotatable bonds is 6. The van der Waals surface area contributed by atoms with E-state index in [-0.39, 0.29) is 5.43 Å². The Morgan fingerprint density at radius 3 is 2.43 bits per heavy atom. The van der Waals surface area contributed by atoms with Gasteiger partial charge >= 0.3 is 0 Å². The first-order valence-corrected chi connectivity index (χ1v) is 10.1. The molecule has 0 aliphatic heterocycles. The van der Waals surface area contributed by atoms with Gasteiger partial charge in [0.2, 0.25) is 5.43 Å². The number of aryl methyl sites for hydroxylation is 1. The van der Waals surface area contributed by atoms with Crippen LogP contribution in [0.2, 0.25) is 0 Å². The zero-order valence-corrected chi connectivity index (χ0v) is 17.4. The molecular weight excluding hydrogens is 372 g/mol. The Labute approximate surface area is 167 Å². The summed E-state index contributed by atoms with van der Waals surface area (Å²) in [6.07, 6.45) is 0.975. The van der Waals surface area contributed by atoms with Crippen molar-refractivity contribution in [3.8, 4) is 11.5 Å². The molecule has 0 spiro atoms. The summed E-state index contributed by atoms with van der Waals surface area (Å²) in [5.41, 5.74) is 1.93. The van der Waals surface area contributed by atoms with E-state index in [4.69, 9.17) is 9.47 Å².